The van der Waals surface area contributed by atoms with E-state index in [4.69, 9.17) is 0 Å². The van der Waals surface area contributed by atoms with Crippen molar-refractivity contribution in [1.82, 2.24) is 0 Å². The molecule has 0 bridgehead atoms. The molecule has 1 fully saturated rings. The van der Waals surface area contributed by atoms with E-state index in [-0.39, 0.29) is 10.0 Å². The smallest absolute Gasteiger partial charge is 0.238 e. The maximum Gasteiger partial charge on any atom is 0.238 e. The number of carbonyl (C=O) groups is 1. The highest BCUT2D eigenvalue weighted by molar-refractivity contribution is 8.80. The average Bonchev–Trinajstić information content (AvgIpc) is 2.25. The van der Waals surface area contributed by atoms with Crippen LogP contribution in [0.1, 0.15) is 12.8 Å². The van der Waals surface area contributed by atoms with Gasteiger partial charge in [-0.3, -0.25) is 4.79 Å². The van der Waals surface area contributed by atoms with Crippen molar-refractivity contribution in [2.24, 2.45) is 0 Å². The summed E-state index contributed by atoms with van der Waals surface area (Å²) in [7, 11) is -2.91. The van der Waals surface area contributed by atoms with E-state index in [9.17, 15) is 13.2 Å². The van der Waals surface area contributed by atoms with Crippen molar-refractivity contribution in [1.29, 1.82) is 0 Å². The Balaban J connectivity index is 2.63. The van der Waals surface area contributed by atoms with Crippen molar-refractivity contribution in [2.45, 2.75) is 12.8 Å². The number of hydrogen-bond acceptors (Lipinski definition) is 4. The lowest BCUT2D eigenvalue weighted by Crippen LogP contribution is -1.97. The van der Waals surface area contributed by atoms with E-state index in [1.54, 1.807) is 12.2 Å². The predicted molar refractivity (Wildman–Crippen MR) is 46.9 cm³/mol. The molecular formula is C7H6O3S2. The molecule has 12 heavy (non-hydrogen) atoms. The molecule has 0 amide bonds. The average molecular weight is 202 g/mol. The van der Waals surface area contributed by atoms with Crippen LogP contribution in [0.15, 0.2) is 22.6 Å². The van der Waals surface area contributed by atoms with Crippen molar-refractivity contribution in [2.75, 3.05) is 0 Å². The van der Waals surface area contributed by atoms with E-state index in [0.29, 0.717) is 22.8 Å². The summed E-state index contributed by atoms with van der Waals surface area (Å²) < 4.78 is 22.5. The van der Waals surface area contributed by atoms with Gasteiger partial charge in [0.25, 0.3) is 0 Å². The monoisotopic (exact) mass is 202 g/mol. The van der Waals surface area contributed by atoms with E-state index in [1.165, 1.54) is 0 Å². The first-order valence-electron chi connectivity index (χ1n) is 3.51. The van der Waals surface area contributed by atoms with Crippen LogP contribution in [0.2, 0.25) is 0 Å². The van der Waals surface area contributed by atoms with E-state index >= 15 is 0 Å². The maximum atomic E-state index is 11.2. The molecule has 1 aliphatic carbocycles. The highest BCUT2D eigenvalue weighted by Gasteiger charge is 2.38. The Hall–Kier alpha value is -0.550. The zero-order valence-corrected chi connectivity index (χ0v) is 7.74. The molecule has 3 nitrogen and oxygen atoms in total. The summed E-state index contributed by atoms with van der Waals surface area (Å²) in [5.41, 5.74) is 0.381. The quantitative estimate of drug-likeness (QED) is 0.554. The lowest BCUT2D eigenvalue weighted by atomic mass is 10.1. The van der Waals surface area contributed by atoms with Crippen LogP contribution in [0.3, 0.4) is 0 Å². The molecule has 1 heterocycles. The van der Waals surface area contributed by atoms with Crippen molar-refractivity contribution in [3.05, 3.63) is 22.6 Å². The van der Waals surface area contributed by atoms with Gasteiger partial charge in [-0.25, -0.2) is 8.42 Å². The first-order chi connectivity index (χ1) is 5.61. The molecule has 5 heteroatoms. The molecule has 0 N–H and O–H groups in total. The van der Waals surface area contributed by atoms with Crippen LogP contribution in [0.5, 0.6) is 0 Å². The molecule has 0 aromatic rings. The van der Waals surface area contributed by atoms with E-state index in [2.05, 4.69) is 0 Å². The zero-order chi connectivity index (χ0) is 8.77. The molecule has 64 valence electrons. The summed E-state index contributed by atoms with van der Waals surface area (Å²) in [5.74, 6) is 0. The third-order valence-electron chi connectivity index (χ3n) is 1.78. The summed E-state index contributed by atoms with van der Waals surface area (Å²) in [6.07, 6.45) is 4.81. The fourth-order valence-electron chi connectivity index (χ4n) is 1.26. The highest BCUT2D eigenvalue weighted by Crippen LogP contribution is 2.41. The molecule has 1 saturated heterocycles. The van der Waals surface area contributed by atoms with Crippen molar-refractivity contribution >= 4 is 24.8 Å². The van der Waals surface area contributed by atoms with Gasteiger partial charge in [-0.15, -0.1) is 0 Å². The Morgan fingerprint density at radius 1 is 1.25 bits per heavy atom. The second kappa shape index (κ2) is 2.47. The predicted octanol–water partition coefficient (Wildman–Crippen LogP) is 1.19. The lowest BCUT2D eigenvalue weighted by Gasteiger charge is -2.02. The van der Waals surface area contributed by atoms with Crippen molar-refractivity contribution in [3.63, 3.8) is 0 Å². The van der Waals surface area contributed by atoms with E-state index < -0.39 is 8.87 Å². The van der Waals surface area contributed by atoms with Crippen molar-refractivity contribution < 1.29 is 13.2 Å². The molecule has 0 saturated carbocycles. The van der Waals surface area contributed by atoms with Crippen LogP contribution in [0.4, 0.5) is 0 Å². The maximum absolute atomic E-state index is 11.2. The van der Waals surface area contributed by atoms with Gasteiger partial charge >= 0.3 is 0 Å². The fourth-order valence-corrected chi connectivity index (χ4v) is 4.28. The number of rotatable bonds is 0. The van der Waals surface area contributed by atoms with Crippen LogP contribution < -0.4 is 0 Å². The molecule has 2 rings (SSSR count). The van der Waals surface area contributed by atoms with Crippen LogP contribution in [-0.2, 0) is 13.7 Å². The summed E-state index contributed by atoms with van der Waals surface area (Å²) in [4.78, 5) is 11.3. The van der Waals surface area contributed by atoms with E-state index in [0.717, 1.165) is 6.42 Å². The van der Waals surface area contributed by atoms with Gasteiger partial charge in [0.05, 0.1) is 15.7 Å². The molecule has 0 aromatic carbocycles. The minimum Gasteiger partial charge on any atom is -0.280 e. The lowest BCUT2D eigenvalue weighted by molar-refractivity contribution is -0.107. The van der Waals surface area contributed by atoms with Crippen LogP contribution in [0.25, 0.3) is 0 Å². The Morgan fingerprint density at radius 2 is 1.92 bits per heavy atom. The third-order valence-corrected chi connectivity index (χ3v) is 4.95. The summed E-state index contributed by atoms with van der Waals surface area (Å²) in [5, 5.41) is -0.332. The minimum atomic E-state index is -3.34. The largest absolute Gasteiger partial charge is 0.280 e. The molecule has 0 spiro atoms. The molecule has 0 radical (unpaired) electrons. The second-order valence-electron chi connectivity index (χ2n) is 2.59. The SMILES string of the molecule is O=C1SS(=O)(=O)C2=CCCC=C12. The normalized spacial score (nSPS) is 26.2. The Morgan fingerprint density at radius 3 is 2.58 bits per heavy atom. The van der Waals surface area contributed by atoms with Crippen LogP contribution in [0, 0.1) is 0 Å². The summed E-state index contributed by atoms with van der Waals surface area (Å²) in [6, 6.07) is 0. The van der Waals surface area contributed by atoms with Gasteiger partial charge in [0.1, 0.15) is 0 Å². The number of fused-ring (bicyclic) bond motifs is 1. The van der Waals surface area contributed by atoms with Crippen LogP contribution >= 0.6 is 10.8 Å². The van der Waals surface area contributed by atoms with Gasteiger partial charge in [-0.2, -0.15) is 0 Å². The summed E-state index contributed by atoms with van der Waals surface area (Å²) >= 11 is 0. The van der Waals surface area contributed by atoms with Gasteiger partial charge in [-0.1, -0.05) is 12.2 Å². The first kappa shape index (κ1) is 8.07. The standard InChI is InChI=1S/C7H6O3S2/c8-7-5-3-1-2-4-6(5)12(9,10)11-7/h3-4H,1-2H2. The Labute approximate surface area is 73.8 Å². The Bertz CT molecular complexity index is 400. The van der Waals surface area contributed by atoms with Crippen molar-refractivity contribution in [3.8, 4) is 0 Å². The van der Waals surface area contributed by atoms with E-state index in [1.807, 2.05) is 0 Å². The molecule has 1 aliphatic heterocycles. The minimum absolute atomic E-state index is 0.226. The fraction of sp³-hybridized carbons (Fsp3) is 0.286. The number of allylic oxidation sites excluding steroid dienone is 3. The van der Waals surface area contributed by atoms with Gasteiger partial charge in [0, 0.05) is 5.57 Å². The molecule has 0 atom stereocenters. The van der Waals surface area contributed by atoms with Gasteiger partial charge in [0.15, 0.2) is 0 Å². The second-order valence-corrected chi connectivity index (χ2v) is 6.29. The molecular weight excluding hydrogens is 196 g/mol. The number of hydrogen-bond donors (Lipinski definition) is 0. The highest BCUT2D eigenvalue weighted by atomic mass is 33.1. The summed E-state index contributed by atoms with van der Waals surface area (Å²) in [6.45, 7) is 0. The number of carbonyl (C=O) groups excluding carboxylic acids is 1. The van der Waals surface area contributed by atoms with Gasteiger partial charge < -0.3 is 0 Å². The first-order valence-corrected chi connectivity index (χ1v) is 6.32. The zero-order valence-electron chi connectivity index (χ0n) is 6.11. The molecule has 0 unspecified atom stereocenters. The molecule has 0 aromatic heterocycles. The Kier molecular flexibility index (Phi) is 1.66. The topological polar surface area (TPSA) is 51.2 Å². The molecule has 2 aliphatic rings. The van der Waals surface area contributed by atoms with Crippen LogP contribution in [-0.4, -0.2) is 13.5 Å². The van der Waals surface area contributed by atoms with Gasteiger partial charge in [-0.05, 0) is 12.8 Å². The third kappa shape index (κ3) is 1.04. The van der Waals surface area contributed by atoms with Gasteiger partial charge in [0.2, 0.25) is 14.0 Å².